The summed E-state index contributed by atoms with van der Waals surface area (Å²) in [7, 11) is 1.69. The third-order valence-corrected chi connectivity index (χ3v) is 6.04. The van der Waals surface area contributed by atoms with E-state index in [4.69, 9.17) is 9.47 Å². The summed E-state index contributed by atoms with van der Waals surface area (Å²) in [6.07, 6.45) is 5.38. The van der Waals surface area contributed by atoms with Gasteiger partial charge in [0.2, 0.25) is 0 Å². The number of para-hydroxylation sites is 1. The van der Waals surface area contributed by atoms with Crippen molar-refractivity contribution in [2.45, 2.75) is 50.7 Å². The van der Waals surface area contributed by atoms with E-state index in [1.807, 2.05) is 23.1 Å². The van der Waals surface area contributed by atoms with Crippen LogP contribution in [0.15, 0.2) is 48.5 Å². The Morgan fingerprint density at radius 3 is 2.44 bits per heavy atom. The minimum atomic E-state index is -0.249. The molecule has 2 aromatic carbocycles. The number of methoxy groups -OCH3 is 1. The molecule has 2 aromatic rings. The second kappa shape index (κ2) is 7.26. The largest absolute Gasteiger partial charge is 0.496 e. The Morgan fingerprint density at radius 1 is 1.04 bits per heavy atom. The molecule has 1 atom stereocenters. The second-order valence-corrected chi connectivity index (χ2v) is 7.74. The van der Waals surface area contributed by atoms with Gasteiger partial charge in [-0.15, -0.1) is 0 Å². The first-order valence-corrected chi connectivity index (χ1v) is 9.85. The highest BCUT2D eigenvalue weighted by atomic mass is 16.6. The smallest absolute Gasteiger partial charge is 0.411 e. The maximum atomic E-state index is 12.5. The molecule has 0 bridgehead atoms. The van der Waals surface area contributed by atoms with Gasteiger partial charge in [0.15, 0.2) is 0 Å². The molecule has 1 heterocycles. The molecule has 1 spiro atoms. The number of amides is 1. The second-order valence-electron chi connectivity index (χ2n) is 7.74. The van der Waals surface area contributed by atoms with E-state index in [0.717, 1.165) is 48.1 Å². The summed E-state index contributed by atoms with van der Waals surface area (Å²) in [5.74, 6) is 0.862. The summed E-state index contributed by atoms with van der Waals surface area (Å²) in [6, 6.07) is 16.4. The Bertz CT molecular complexity index is 809. The molecule has 1 aliphatic carbocycles. The zero-order valence-corrected chi connectivity index (χ0v) is 16.1. The molecule has 1 saturated heterocycles. The van der Waals surface area contributed by atoms with Crippen molar-refractivity contribution < 1.29 is 14.3 Å². The lowest BCUT2D eigenvalue weighted by Crippen LogP contribution is -2.37. The number of carbonyl (C=O) groups is 1. The molecule has 0 aromatic heterocycles. The molecular formula is C23H27NO3. The van der Waals surface area contributed by atoms with Gasteiger partial charge < -0.3 is 9.47 Å². The van der Waals surface area contributed by atoms with Crippen LogP contribution in [0.1, 0.15) is 50.6 Å². The first kappa shape index (κ1) is 17.9. The standard InChI is InChI=1S/C23H27NO3/c1-17(24-16-23(27-22(24)25)14-6-3-7-15-23)18-10-12-19(13-11-18)20-8-4-5-9-21(20)26-2/h4-5,8-13,17H,3,6-7,14-16H2,1-2H3. The summed E-state index contributed by atoms with van der Waals surface area (Å²) < 4.78 is 11.3. The normalized spacial score (nSPS) is 19.8. The van der Waals surface area contributed by atoms with Crippen LogP contribution in [-0.4, -0.2) is 30.2 Å². The first-order chi connectivity index (χ1) is 13.1. The molecule has 4 nitrogen and oxygen atoms in total. The van der Waals surface area contributed by atoms with E-state index in [-0.39, 0.29) is 17.7 Å². The van der Waals surface area contributed by atoms with Crippen molar-refractivity contribution in [2.24, 2.45) is 0 Å². The quantitative estimate of drug-likeness (QED) is 0.710. The van der Waals surface area contributed by atoms with E-state index in [0.29, 0.717) is 6.54 Å². The molecular weight excluding hydrogens is 338 g/mol. The Morgan fingerprint density at radius 2 is 1.74 bits per heavy atom. The lowest BCUT2D eigenvalue weighted by atomic mass is 9.84. The third-order valence-electron chi connectivity index (χ3n) is 6.04. The van der Waals surface area contributed by atoms with Crippen molar-refractivity contribution in [1.29, 1.82) is 0 Å². The molecule has 0 N–H and O–H groups in total. The number of ether oxygens (including phenoxy) is 2. The molecule has 142 valence electrons. The number of nitrogens with zero attached hydrogens (tertiary/aromatic N) is 1. The number of hydrogen-bond donors (Lipinski definition) is 0. The van der Waals surface area contributed by atoms with Crippen LogP contribution in [0.25, 0.3) is 11.1 Å². The van der Waals surface area contributed by atoms with E-state index >= 15 is 0 Å². The van der Waals surface area contributed by atoms with Crippen LogP contribution in [0.3, 0.4) is 0 Å². The van der Waals surface area contributed by atoms with Crippen LogP contribution < -0.4 is 4.74 Å². The van der Waals surface area contributed by atoms with Gasteiger partial charge in [0, 0.05) is 5.56 Å². The van der Waals surface area contributed by atoms with Crippen LogP contribution in [0.4, 0.5) is 4.79 Å². The van der Waals surface area contributed by atoms with Gasteiger partial charge in [0.05, 0.1) is 19.7 Å². The zero-order valence-electron chi connectivity index (χ0n) is 16.1. The predicted octanol–water partition coefficient (Wildman–Crippen LogP) is 5.58. The van der Waals surface area contributed by atoms with Gasteiger partial charge in [0.1, 0.15) is 11.4 Å². The minimum absolute atomic E-state index is 0.00511. The number of hydrogen-bond acceptors (Lipinski definition) is 3. The van der Waals surface area contributed by atoms with E-state index in [1.165, 1.54) is 6.42 Å². The van der Waals surface area contributed by atoms with Crippen molar-refractivity contribution >= 4 is 6.09 Å². The van der Waals surface area contributed by atoms with Gasteiger partial charge in [-0.2, -0.15) is 0 Å². The Hall–Kier alpha value is -2.49. The summed E-state index contributed by atoms with van der Waals surface area (Å²) in [4.78, 5) is 14.4. The van der Waals surface area contributed by atoms with Crippen LogP contribution in [0.2, 0.25) is 0 Å². The van der Waals surface area contributed by atoms with Crippen molar-refractivity contribution in [1.82, 2.24) is 4.90 Å². The van der Waals surface area contributed by atoms with Gasteiger partial charge in [-0.25, -0.2) is 4.79 Å². The molecule has 1 saturated carbocycles. The molecule has 27 heavy (non-hydrogen) atoms. The molecule has 1 aliphatic heterocycles. The van der Waals surface area contributed by atoms with Gasteiger partial charge in [0.25, 0.3) is 0 Å². The Labute approximate surface area is 161 Å². The minimum Gasteiger partial charge on any atom is -0.496 e. The van der Waals surface area contributed by atoms with E-state index in [1.54, 1.807) is 7.11 Å². The van der Waals surface area contributed by atoms with Gasteiger partial charge in [-0.3, -0.25) is 4.90 Å². The van der Waals surface area contributed by atoms with Crippen LogP contribution in [-0.2, 0) is 4.74 Å². The Balaban J connectivity index is 1.53. The summed E-state index contributed by atoms with van der Waals surface area (Å²) >= 11 is 0. The SMILES string of the molecule is COc1ccccc1-c1ccc(C(C)N2CC3(CCCCC3)OC2=O)cc1. The molecule has 4 heteroatoms. The monoisotopic (exact) mass is 365 g/mol. The zero-order chi connectivity index (χ0) is 18.9. The fourth-order valence-electron chi connectivity index (χ4n) is 4.41. The van der Waals surface area contributed by atoms with E-state index in [9.17, 15) is 4.79 Å². The average molecular weight is 365 g/mol. The number of benzene rings is 2. The van der Waals surface area contributed by atoms with Crippen molar-refractivity contribution in [3.8, 4) is 16.9 Å². The highest BCUT2D eigenvalue weighted by Gasteiger charge is 2.47. The molecule has 4 rings (SSSR count). The lowest BCUT2D eigenvalue weighted by molar-refractivity contribution is 0.0259. The average Bonchev–Trinajstić information content (AvgIpc) is 3.03. The van der Waals surface area contributed by atoms with Crippen LogP contribution in [0.5, 0.6) is 5.75 Å². The Kier molecular flexibility index (Phi) is 4.81. The predicted molar refractivity (Wildman–Crippen MR) is 106 cm³/mol. The van der Waals surface area contributed by atoms with Crippen LogP contribution in [0, 0.1) is 0 Å². The van der Waals surface area contributed by atoms with Gasteiger partial charge >= 0.3 is 6.09 Å². The maximum Gasteiger partial charge on any atom is 0.411 e. The molecule has 0 radical (unpaired) electrons. The fraction of sp³-hybridized carbons (Fsp3) is 0.435. The topological polar surface area (TPSA) is 38.8 Å². The summed E-state index contributed by atoms with van der Waals surface area (Å²) in [6.45, 7) is 2.79. The highest BCUT2D eigenvalue weighted by molar-refractivity contribution is 5.72. The van der Waals surface area contributed by atoms with Crippen molar-refractivity contribution in [2.75, 3.05) is 13.7 Å². The number of rotatable bonds is 4. The van der Waals surface area contributed by atoms with Crippen molar-refractivity contribution in [3.63, 3.8) is 0 Å². The third kappa shape index (κ3) is 3.41. The van der Waals surface area contributed by atoms with Gasteiger partial charge in [-0.1, -0.05) is 48.9 Å². The maximum absolute atomic E-state index is 12.5. The van der Waals surface area contributed by atoms with E-state index in [2.05, 4.69) is 37.3 Å². The molecule has 2 aliphatic rings. The number of carbonyl (C=O) groups excluding carboxylic acids is 1. The molecule has 1 amide bonds. The fourth-order valence-corrected chi connectivity index (χ4v) is 4.41. The summed E-state index contributed by atoms with van der Waals surface area (Å²) in [5.41, 5.74) is 3.05. The van der Waals surface area contributed by atoms with E-state index < -0.39 is 0 Å². The van der Waals surface area contributed by atoms with Crippen LogP contribution >= 0.6 is 0 Å². The first-order valence-electron chi connectivity index (χ1n) is 9.85. The highest BCUT2D eigenvalue weighted by Crippen LogP contribution is 2.40. The molecule has 2 fully saturated rings. The molecule has 1 unspecified atom stereocenters. The lowest BCUT2D eigenvalue weighted by Gasteiger charge is -2.31. The summed E-state index contributed by atoms with van der Waals surface area (Å²) in [5, 5.41) is 0. The van der Waals surface area contributed by atoms with Crippen molar-refractivity contribution in [3.05, 3.63) is 54.1 Å². The van der Waals surface area contributed by atoms with Gasteiger partial charge in [-0.05, 0) is 49.8 Å².